The zero-order chi connectivity index (χ0) is 14.4. The van der Waals surface area contributed by atoms with Gasteiger partial charge >= 0.3 is 0 Å². The second-order valence-electron chi connectivity index (χ2n) is 6.86. The highest BCUT2D eigenvalue weighted by Gasteiger charge is 2.47. The van der Waals surface area contributed by atoms with Crippen molar-refractivity contribution in [1.82, 2.24) is 14.8 Å². The molecular formula is C17H23N3O. The van der Waals surface area contributed by atoms with Gasteiger partial charge in [-0.05, 0) is 44.2 Å². The predicted octanol–water partition coefficient (Wildman–Crippen LogP) is 1.98. The molecule has 0 spiro atoms. The van der Waals surface area contributed by atoms with E-state index in [1.165, 1.54) is 19.4 Å². The van der Waals surface area contributed by atoms with E-state index in [1.807, 2.05) is 25.1 Å². The van der Waals surface area contributed by atoms with Crippen molar-refractivity contribution in [3.63, 3.8) is 0 Å². The largest absolute Gasteiger partial charge is 0.332 e. The van der Waals surface area contributed by atoms with Gasteiger partial charge in [-0.25, -0.2) is 0 Å². The number of pyridine rings is 1. The lowest BCUT2D eigenvalue weighted by Gasteiger charge is -2.25. The number of amides is 1. The Morgan fingerprint density at radius 1 is 1.24 bits per heavy atom. The number of carbonyl (C=O) groups is 1. The van der Waals surface area contributed by atoms with Gasteiger partial charge in [0.15, 0.2) is 0 Å². The molecule has 2 aliphatic heterocycles. The minimum Gasteiger partial charge on any atom is -0.332 e. The second-order valence-corrected chi connectivity index (χ2v) is 6.86. The summed E-state index contributed by atoms with van der Waals surface area (Å²) in [4.78, 5) is 21.6. The molecule has 4 nitrogen and oxygen atoms in total. The first-order valence-corrected chi connectivity index (χ1v) is 8.17. The molecule has 0 aromatic carbocycles. The van der Waals surface area contributed by atoms with Gasteiger partial charge in [-0.2, -0.15) is 0 Å². The lowest BCUT2D eigenvalue weighted by atomic mass is 10.1. The van der Waals surface area contributed by atoms with Crippen molar-refractivity contribution in [3.8, 4) is 0 Å². The van der Waals surface area contributed by atoms with Crippen LogP contribution >= 0.6 is 0 Å². The third-order valence-electron chi connectivity index (χ3n) is 5.20. The molecule has 3 aliphatic rings. The molecule has 0 bridgehead atoms. The maximum Gasteiger partial charge on any atom is 0.224 e. The molecule has 3 fully saturated rings. The van der Waals surface area contributed by atoms with Crippen LogP contribution in [0.15, 0.2) is 18.2 Å². The average Bonchev–Trinajstić information content (AvgIpc) is 3.12. The standard InChI is InChI=1S/C17H23N3O/c1-12-3-2-4-14(18-12)11-20-15-7-8-19(10-13-5-6-13)16(15)9-17(20)21/h2-4,13,15-16H,5-11H2,1H3/t15-,16-/m1/s1. The highest BCUT2D eigenvalue weighted by Crippen LogP contribution is 2.37. The Hall–Kier alpha value is -1.42. The van der Waals surface area contributed by atoms with Crippen LogP contribution in [-0.4, -0.2) is 45.9 Å². The fraction of sp³-hybridized carbons (Fsp3) is 0.647. The van der Waals surface area contributed by atoms with E-state index >= 15 is 0 Å². The quantitative estimate of drug-likeness (QED) is 0.848. The van der Waals surface area contributed by atoms with Crippen molar-refractivity contribution in [1.29, 1.82) is 0 Å². The van der Waals surface area contributed by atoms with Crippen molar-refractivity contribution >= 4 is 5.91 Å². The van der Waals surface area contributed by atoms with Crippen molar-refractivity contribution < 1.29 is 4.79 Å². The third-order valence-corrected chi connectivity index (χ3v) is 5.20. The van der Waals surface area contributed by atoms with Gasteiger partial charge in [-0.15, -0.1) is 0 Å². The summed E-state index contributed by atoms with van der Waals surface area (Å²) in [5.41, 5.74) is 2.04. The van der Waals surface area contributed by atoms with E-state index in [1.54, 1.807) is 0 Å². The van der Waals surface area contributed by atoms with Crippen LogP contribution in [0.4, 0.5) is 0 Å². The number of rotatable bonds is 4. The topological polar surface area (TPSA) is 36.4 Å². The molecular weight excluding hydrogens is 262 g/mol. The van der Waals surface area contributed by atoms with Gasteiger partial charge in [0.25, 0.3) is 0 Å². The minimum atomic E-state index is 0.314. The van der Waals surface area contributed by atoms with E-state index in [9.17, 15) is 4.79 Å². The molecule has 3 heterocycles. The summed E-state index contributed by atoms with van der Waals surface area (Å²) in [5, 5.41) is 0. The summed E-state index contributed by atoms with van der Waals surface area (Å²) in [6.45, 7) is 5.06. The van der Waals surface area contributed by atoms with Gasteiger partial charge in [0.1, 0.15) is 0 Å². The van der Waals surface area contributed by atoms with E-state index in [0.29, 0.717) is 31.0 Å². The minimum absolute atomic E-state index is 0.314. The summed E-state index contributed by atoms with van der Waals surface area (Å²) in [7, 11) is 0. The molecule has 1 saturated carbocycles. The number of nitrogens with zero attached hydrogens (tertiary/aromatic N) is 3. The van der Waals surface area contributed by atoms with Crippen LogP contribution in [-0.2, 0) is 11.3 Å². The molecule has 4 heteroatoms. The fourth-order valence-corrected chi connectivity index (χ4v) is 3.94. The fourth-order valence-electron chi connectivity index (χ4n) is 3.94. The zero-order valence-corrected chi connectivity index (χ0v) is 12.7. The highest BCUT2D eigenvalue weighted by atomic mass is 16.2. The Balaban J connectivity index is 1.47. The summed E-state index contributed by atoms with van der Waals surface area (Å²) in [6, 6.07) is 6.95. The van der Waals surface area contributed by atoms with Gasteiger partial charge < -0.3 is 4.90 Å². The van der Waals surface area contributed by atoms with E-state index in [0.717, 1.165) is 30.3 Å². The molecule has 112 valence electrons. The van der Waals surface area contributed by atoms with E-state index < -0.39 is 0 Å². The van der Waals surface area contributed by atoms with Crippen molar-refractivity contribution in [2.45, 2.75) is 51.2 Å². The van der Waals surface area contributed by atoms with E-state index in [2.05, 4.69) is 14.8 Å². The zero-order valence-electron chi connectivity index (χ0n) is 12.7. The maximum absolute atomic E-state index is 12.4. The normalized spacial score (nSPS) is 29.2. The molecule has 1 amide bonds. The van der Waals surface area contributed by atoms with Crippen LogP contribution in [0.25, 0.3) is 0 Å². The van der Waals surface area contributed by atoms with Gasteiger partial charge in [-0.1, -0.05) is 6.07 Å². The first kappa shape index (κ1) is 13.3. The van der Waals surface area contributed by atoms with E-state index in [4.69, 9.17) is 0 Å². The Bertz CT molecular complexity index is 555. The molecule has 21 heavy (non-hydrogen) atoms. The van der Waals surface area contributed by atoms with Crippen molar-refractivity contribution in [2.24, 2.45) is 5.92 Å². The predicted molar refractivity (Wildman–Crippen MR) is 80.6 cm³/mol. The molecule has 0 radical (unpaired) electrons. The van der Waals surface area contributed by atoms with Crippen molar-refractivity contribution in [3.05, 3.63) is 29.6 Å². The van der Waals surface area contributed by atoms with E-state index in [-0.39, 0.29) is 0 Å². The smallest absolute Gasteiger partial charge is 0.224 e. The van der Waals surface area contributed by atoms with Gasteiger partial charge in [-0.3, -0.25) is 14.7 Å². The summed E-state index contributed by atoms with van der Waals surface area (Å²) in [6.07, 6.45) is 4.62. The first-order chi connectivity index (χ1) is 10.2. The van der Waals surface area contributed by atoms with Crippen LogP contribution in [0.3, 0.4) is 0 Å². The molecule has 0 unspecified atom stereocenters. The lowest BCUT2D eigenvalue weighted by Crippen LogP contribution is -2.37. The molecule has 1 aliphatic carbocycles. The molecule has 2 atom stereocenters. The van der Waals surface area contributed by atoms with Gasteiger partial charge in [0.2, 0.25) is 5.91 Å². The Labute approximate surface area is 126 Å². The van der Waals surface area contributed by atoms with Crippen LogP contribution in [0, 0.1) is 12.8 Å². The number of likely N-dealkylation sites (tertiary alicyclic amines) is 2. The number of aromatic nitrogens is 1. The number of carbonyl (C=O) groups excluding carboxylic acids is 1. The maximum atomic E-state index is 12.4. The lowest BCUT2D eigenvalue weighted by molar-refractivity contribution is -0.129. The third kappa shape index (κ3) is 2.57. The Kier molecular flexibility index (Phi) is 3.21. The molecule has 0 N–H and O–H groups in total. The second kappa shape index (κ2) is 5.09. The van der Waals surface area contributed by atoms with Crippen molar-refractivity contribution in [2.75, 3.05) is 13.1 Å². The molecule has 4 rings (SSSR count). The molecule has 1 aromatic rings. The molecule has 1 aromatic heterocycles. The SMILES string of the molecule is Cc1cccc(CN2C(=O)C[C@@H]3[C@H]2CCN3CC2CC2)n1. The number of aryl methyl sites for hydroxylation is 1. The first-order valence-electron chi connectivity index (χ1n) is 8.17. The summed E-state index contributed by atoms with van der Waals surface area (Å²) < 4.78 is 0. The highest BCUT2D eigenvalue weighted by molar-refractivity contribution is 5.80. The monoisotopic (exact) mass is 285 g/mol. The Morgan fingerprint density at radius 2 is 2.10 bits per heavy atom. The van der Waals surface area contributed by atoms with Crippen LogP contribution in [0.5, 0.6) is 0 Å². The summed E-state index contributed by atoms with van der Waals surface area (Å²) in [5.74, 6) is 1.22. The summed E-state index contributed by atoms with van der Waals surface area (Å²) >= 11 is 0. The van der Waals surface area contributed by atoms with Crippen LogP contribution < -0.4 is 0 Å². The molecule has 2 saturated heterocycles. The van der Waals surface area contributed by atoms with Gasteiger partial charge in [0, 0.05) is 37.3 Å². The van der Waals surface area contributed by atoms with Crippen LogP contribution in [0.1, 0.15) is 37.1 Å². The number of hydrogen-bond acceptors (Lipinski definition) is 3. The Morgan fingerprint density at radius 3 is 2.86 bits per heavy atom. The van der Waals surface area contributed by atoms with Gasteiger partial charge in [0.05, 0.1) is 12.2 Å². The number of fused-ring (bicyclic) bond motifs is 1. The number of hydrogen-bond donors (Lipinski definition) is 0. The average molecular weight is 285 g/mol. The van der Waals surface area contributed by atoms with Crippen LogP contribution in [0.2, 0.25) is 0 Å².